The van der Waals surface area contributed by atoms with Crippen LogP contribution in [0.2, 0.25) is 4.71 Å². The van der Waals surface area contributed by atoms with Gasteiger partial charge < -0.3 is 0 Å². The second-order valence-corrected chi connectivity index (χ2v) is 9.17. The normalized spacial score (nSPS) is 23.3. The zero-order valence-corrected chi connectivity index (χ0v) is 16.5. The van der Waals surface area contributed by atoms with E-state index in [0.717, 1.165) is 42.5 Å². The number of amides is 1. The molecule has 0 radical (unpaired) electrons. The fraction of sp³-hybridized carbons (Fsp3) is 0.929. The minimum absolute atomic E-state index is 0.0599. The summed E-state index contributed by atoms with van der Waals surface area (Å²) in [7, 11) is -2.69. The quantitative estimate of drug-likeness (QED) is 0.343. The van der Waals surface area contributed by atoms with E-state index in [1.54, 1.807) is 6.92 Å². The van der Waals surface area contributed by atoms with Crippen LogP contribution in [0.4, 0.5) is 0 Å². The summed E-state index contributed by atoms with van der Waals surface area (Å²) < 4.78 is 11.1. The van der Waals surface area contributed by atoms with Crippen molar-refractivity contribution in [3.05, 3.63) is 0 Å². The molecule has 1 amide bonds. The van der Waals surface area contributed by atoms with Crippen molar-refractivity contribution in [1.82, 2.24) is 5.32 Å². The number of nitrogens with one attached hydrogen (secondary N) is 1. The van der Waals surface area contributed by atoms with Gasteiger partial charge in [-0.25, -0.2) is 0 Å². The first-order chi connectivity index (χ1) is 10.3. The second kappa shape index (κ2) is 10.1. The third-order valence-corrected chi connectivity index (χ3v) is 7.54. The average molecular weight is 397 g/mol. The Morgan fingerprint density at radius 2 is 1.91 bits per heavy atom. The molecule has 4 N–H and O–H groups in total. The number of carbonyl (C=O) groups is 1. The molecule has 0 aromatic heterocycles. The molecule has 0 aliphatic heterocycles. The third kappa shape index (κ3) is 6.72. The summed E-state index contributed by atoms with van der Waals surface area (Å²) in [6.07, 6.45) is 3.92. The molecule has 130 valence electrons. The predicted octanol–water partition coefficient (Wildman–Crippen LogP) is 0.0719. The first kappa shape index (κ1) is 20.2. The molecule has 1 saturated carbocycles. The number of hydrogen-bond donors (Lipinski definition) is 4. The Balaban J connectivity index is 2.45. The van der Waals surface area contributed by atoms with E-state index in [2.05, 4.69) is 5.32 Å². The Hall–Kier alpha value is 0.138. The van der Waals surface area contributed by atoms with Gasteiger partial charge in [-0.15, -0.1) is 0 Å². The molecule has 0 heterocycles. The van der Waals surface area contributed by atoms with Gasteiger partial charge >= 0.3 is 141 Å². The molecule has 1 rings (SSSR count). The number of hydrogen-bond acceptors (Lipinski definition) is 4. The molecular formula is C14H29AsNO5P. The summed E-state index contributed by atoms with van der Waals surface area (Å²) in [5.41, 5.74) is -0.365. The Kier molecular flexibility index (Phi) is 9.26. The van der Waals surface area contributed by atoms with Gasteiger partial charge in [-0.05, 0) is 0 Å². The van der Waals surface area contributed by atoms with E-state index in [1.165, 1.54) is 6.42 Å². The Morgan fingerprint density at radius 1 is 1.32 bits per heavy atom. The van der Waals surface area contributed by atoms with E-state index in [1.807, 2.05) is 0 Å². The molecule has 22 heavy (non-hydrogen) atoms. The Morgan fingerprint density at radius 3 is 2.41 bits per heavy atom. The second-order valence-electron chi connectivity index (χ2n) is 6.24. The average Bonchev–Trinajstić information content (AvgIpc) is 2.49. The maximum atomic E-state index is 11.7. The van der Waals surface area contributed by atoms with Crippen LogP contribution >= 0.6 is 8.03 Å². The van der Waals surface area contributed by atoms with Crippen LogP contribution in [-0.2, 0) is 9.36 Å². The minimum atomic E-state index is -2.69. The topological polar surface area (TPSA) is 107 Å². The van der Waals surface area contributed by atoms with Crippen LogP contribution in [0.1, 0.15) is 45.4 Å². The van der Waals surface area contributed by atoms with Gasteiger partial charge in [0.25, 0.3) is 0 Å². The zero-order chi connectivity index (χ0) is 16.7. The van der Waals surface area contributed by atoms with Crippen molar-refractivity contribution in [2.75, 3.05) is 6.54 Å². The van der Waals surface area contributed by atoms with Gasteiger partial charge in [-0.2, -0.15) is 0 Å². The number of aliphatic hydroxyl groups excluding tert-OH is 2. The fourth-order valence-electron chi connectivity index (χ4n) is 2.96. The van der Waals surface area contributed by atoms with E-state index < -0.39 is 24.9 Å². The number of carbonyl (C=O) groups excluding carboxylic acids is 1. The van der Waals surface area contributed by atoms with Gasteiger partial charge in [-0.3, -0.25) is 0 Å². The van der Waals surface area contributed by atoms with Crippen LogP contribution in [0.5, 0.6) is 0 Å². The molecule has 0 spiro atoms. The predicted molar refractivity (Wildman–Crippen MR) is 89.2 cm³/mol. The molecule has 1 aliphatic rings. The van der Waals surface area contributed by atoms with Crippen LogP contribution in [0.25, 0.3) is 0 Å². The van der Waals surface area contributed by atoms with Gasteiger partial charge in [0, 0.05) is 0 Å². The van der Waals surface area contributed by atoms with E-state index in [9.17, 15) is 24.5 Å². The first-order valence-electron chi connectivity index (χ1n) is 7.95. The van der Waals surface area contributed by atoms with Crippen LogP contribution in [0, 0.1) is 5.92 Å². The van der Waals surface area contributed by atoms with E-state index in [4.69, 9.17) is 0 Å². The van der Waals surface area contributed by atoms with Crippen molar-refractivity contribution in [3.8, 4) is 0 Å². The van der Waals surface area contributed by atoms with E-state index >= 15 is 0 Å². The van der Waals surface area contributed by atoms with Gasteiger partial charge in [0.2, 0.25) is 0 Å². The van der Waals surface area contributed by atoms with Gasteiger partial charge in [0.1, 0.15) is 0 Å². The van der Waals surface area contributed by atoms with Crippen LogP contribution < -0.4 is 5.32 Å². The summed E-state index contributed by atoms with van der Waals surface area (Å²) in [6.45, 7) is 1.61. The molecule has 8 heteroatoms. The molecule has 0 bridgehead atoms. The van der Waals surface area contributed by atoms with Crippen LogP contribution in [0.15, 0.2) is 0 Å². The Bertz CT molecular complexity index is 376. The molecular weight excluding hydrogens is 368 g/mol. The number of rotatable bonds is 8. The Labute approximate surface area is 141 Å². The summed E-state index contributed by atoms with van der Waals surface area (Å²) in [4.78, 5) is 21.3. The molecule has 5 unspecified atom stereocenters. The molecule has 6 atom stereocenters. The van der Waals surface area contributed by atoms with E-state index in [0.29, 0.717) is 0 Å². The summed E-state index contributed by atoms with van der Waals surface area (Å²) >= 11 is 1.13. The summed E-state index contributed by atoms with van der Waals surface area (Å²) in [6, 6.07) is 0. The molecule has 1 aliphatic carbocycles. The van der Waals surface area contributed by atoms with Crippen LogP contribution in [-0.4, -0.2) is 62.3 Å². The van der Waals surface area contributed by atoms with Crippen molar-refractivity contribution < 1.29 is 24.5 Å². The summed E-state index contributed by atoms with van der Waals surface area (Å²) in [5, 5.41) is 22.0. The standard InChI is InChI=1S/C14H29AsNO5P/c1-9(17)13(15)14(19)16-8-11(18)7-12(22(20)21)10-5-3-2-4-6-10/h9-13,17-18,22H,2-8,15H2,1H3,(H,16,19)(H,20,21)/t9?,11-,12?,13?/m1/s1. The van der Waals surface area contributed by atoms with Crippen molar-refractivity contribution in [1.29, 1.82) is 0 Å². The summed E-state index contributed by atoms with van der Waals surface area (Å²) in [5.74, 6) is -0.0878. The molecule has 1 fully saturated rings. The zero-order valence-electron chi connectivity index (χ0n) is 13.1. The van der Waals surface area contributed by atoms with Crippen molar-refractivity contribution in [2.24, 2.45) is 5.92 Å². The van der Waals surface area contributed by atoms with Crippen molar-refractivity contribution in [2.45, 2.75) is 68.0 Å². The first-order valence-corrected chi connectivity index (χ1v) is 10.8. The fourth-order valence-corrected chi connectivity index (χ4v) is 4.42. The SMILES string of the molecule is CC(O)C([AsH2])C(=O)NC[C@H](O)CC(C1CCCCC1)[PH](=O)O. The molecule has 0 aromatic carbocycles. The van der Waals surface area contributed by atoms with Gasteiger partial charge in [0.15, 0.2) is 0 Å². The van der Waals surface area contributed by atoms with Crippen LogP contribution in [0.3, 0.4) is 0 Å². The molecule has 6 nitrogen and oxygen atoms in total. The third-order valence-electron chi connectivity index (χ3n) is 4.40. The number of aliphatic hydroxyl groups is 2. The maximum absolute atomic E-state index is 11.7. The molecule has 0 aromatic rings. The van der Waals surface area contributed by atoms with Crippen molar-refractivity contribution >= 4 is 30.8 Å². The van der Waals surface area contributed by atoms with Gasteiger partial charge in [0.05, 0.1) is 0 Å². The van der Waals surface area contributed by atoms with E-state index in [-0.39, 0.29) is 30.4 Å². The van der Waals surface area contributed by atoms with Gasteiger partial charge in [-0.1, -0.05) is 0 Å². The molecule has 0 saturated heterocycles. The monoisotopic (exact) mass is 397 g/mol. The van der Waals surface area contributed by atoms with Crippen molar-refractivity contribution in [3.63, 3.8) is 0 Å².